The van der Waals surface area contributed by atoms with Crippen LogP contribution in [0, 0.1) is 5.92 Å². The van der Waals surface area contributed by atoms with Crippen LogP contribution in [0.1, 0.15) is 12.5 Å². The van der Waals surface area contributed by atoms with Gasteiger partial charge in [0, 0.05) is 10.9 Å². The van der Waals surface area contributed by atoms with Gasteiger partial charge >= 0.3 is 0 Å². The number of phenolic OH excluding ortho intramolecular Hbond substituents is 1. The third-order valence-electron chi connectivity index (χ3n) is 3.65. The average molecular weight is 350 g/mol. The van der Waals surface area contributed by atoms with Crippen molar-refractivity contribution in [2.24, 2.45) is 5.92 Å². The third kappa shape index (κ3) is 4.32. The highest BCUT2D eigenvalue weighted by Gasteiger charge is 2.16. The fourth-order valence-electron chi connectivity index (χ4n) is 2.32. The van der Waals surface area contributed by atoms with Gasteiger partial charge in [0.1, 0.15) is 5.75 Å². The Bertz CT molecular complexity index is 733. The summed E-state index contributed by atoms with van der Waals surface area (Å²) in [5.74, 6) is 0.729. The van der Waals surface area contributed by atoms with Gasteiger partial charge in [-0.05, 0) is 42.3 Å². The van der Waals surface area contributed by atoms with Gasteiger partial charge in [-0.2, -0.15) is 0 Å². The quantitative estimate of drug-likeness (QED) is 0.776. The zero-order chi connectivity index (χ0) is 17.7. The molecule has 2 N–H and O–H groups in total. The molecule has 2 aromatic rings. The third-order valence-corrected chi connectivity index (χ3v) is 3.89. The van der Waals surface area contributed by atoms with Crippen molar-refractivity contribution in [1.29, 1.82) is 0 Å². The summed E-state index contributed by atoms with van der Waals surface area (Å²) in [6, 6.07) is 10.1. The predicted molar refractivity (Wildman–Crippen MR) is 94.2 cm³/mol. The number of ether oxygens (including phenoxy) is 2. The fourth-order valence-corrected chi connectivity index (χ4v) is 2.49. The Balaban J connectivity index is 2.07. The lowest BCUT2D eigenvalue weighted by molar-refractivity contribution is -0.119. The van der Waals surface area contributed by atoms with Crippen LogP contribution >= 0.6 is 11.6 Å². The molecule has 2 aromatic carbocycles. The highest BCUT2D eigenvalue weighted by molar-refractivity contribution is 6.31. The van der Waals surface area contributed by atoms with Gasteiger partial charge in [-0.15, -0.1) is 0 Å². The Morgan fingerprint density at radius 3 is 2.54 bits per heavy atom. The molecule has 0 spiro atoms. The minimum Gasteiger partial charge on any atom is -0.506 e. The number of hydrogen-bond donors (Lipinski definition) is 2. The van der Waals surface area contributed by atoms with Gasteiger partial charge in [0.15, 0.2) is 11.5 Å². The van der Waals surface area contributed by atoms with Gasteiger partial charge in [-0.25, -0.2) is 0 Å². The summed E-state index contributed by atoms with van der Waals surface area (Å²) in [5, 5.41) is 12.9. The van der Waals surface area contributed by atoms with Gasteiger partial charge in [0.2, 0.25) is 5.91 Å². The van der Waals surface area contributed by atoms with Crippen molar-refractivity contribution in [3.8, 4) is 17.2 Å². The number of halogens is 1. The molecule has 1 unspecified atom stereocenters. The second kappa shape index (κ2) is 7.93. The molecule has 24 heavy (non-hydrogen) atoms. The molecule has 1 atom stereocenters. The molecule has 0 fully saturated rings. The van der Waals surface area contributed by atoms with E-state index >= 15 is 0 Å². The summed E-state index contributed by atoms with van der Waals surface area (Å²) < 4.78 is 10.5. The smallest absolute Gasteiger partial charge is 0.227 e. The lowest BCUT2D eigenvalue weighted by atomic mass is 10.00. The van der Waals surface area contributed by atoms with Crippen molar-refractivity contribution in [2.75, 3.05) is 19.5 Å². The number of nitrogens with one attached hydrogen (secondary N) is 1. The number of hydrogen-bond acceptors (Lipinski definition) is 4. The summed E-state index contributed by atoms with van der Waals surface area (Å²) in [7, 11) is 3.14. The molecule has 0 heterocycles. The second-order valence-corrected chi connectivity index (χ2v) is 5.88. The van der Waals surface area contributed by atoms with E-state index in [9.17, 15) is 9.90 Å². The second-order valence-electron chi connectivity index (χ2n) is 5.45. The SMILES string of the molecule is COc1ccc(CC(C)C(=O)Nc2cc(Cl)ccc2O)cc1OC. The van der Waals surface area contributed by atoms with Crippen LogP contribution in [0.2, 0.25) is 5.02 Å². The van der Waals surface area contributed by atoms with Gasteiger partial charge in [-0.1, -0.05) is 24.6 Å². The van der Waals surface area contributed by atoms with E-state index in [4.69, 9.17) is 21.1 Å². The molecule has 0 aromatic heterocycles. The summed E-state index contributed by atoms with van der Waals surface area (Å²) in [6.07, 6.45) is 0.521. The Hall–Kier alpha value is -2.40. The molecular weight excluding hydrogens is 330 g/mol. The fraction of sp³-hybridized carbons (Fsp3) is 0.278. The van der Waals surface area contributed by atoms with Crippen molar-refractivity contribution in [2.45, 2.75) is 13.3 Å². The van der Waals surface area contributed by atoms with Gasteiger partial charge < -0.3 is 19.9 Å². The Kier molecular flexibility index (Phi) is 5.93. The summed E-state index contributed by atoms with van der Waals surface area (Å²) in [4.78, 5) is 12.3. The molecule has 0 aliphatic rings. The number of rotatable bonds is 6. The molecule has 0 saturated carbocycles. The van der Waals surface area contributed by atoms with Crippen LogP contribution in [0.15, 0.2) is 36.4 Å². The standard InChI is InChI=1S/C18H20ClNO4/c1-11(8-12-4-7-16(23-2)17(9-12)24-3)18(22)20-14-10-13(19)5-6-15(14)21/h4-7,9-11,21H,8H2,1-3H3,(H,20,22). The first kappa shape index (κ1) is 17.9. The molecule has 0 bridgehead atoms. The van der Waals surface area contributed by atoms with Crippen LogP contribution < -0.4 is 14.8 Å². The number of phenols is 1. The van der Waals surface area contributed by atoms with Gasteiger partial charge in [-0.3, -0.25) is 4.79 Å². The van der Waals surface area contributed by atoms with Gasteiger partial charge in [0.25, 0.3) is 0 Å². The van der Waals surface area contributed by atoms with E-state index in [2.05, 4.69) is 5.32 Å². The summed E-state index contributed by atoms with van der Waals surface area (Å²) in [5.41, 5.74) is 1.25. The summed E-state index contributed by atoms with van der Waals surface area (Å²) >= 11 is 5.88. The van der Waals surface area contributed by atoms with E-state index in [1.54, 1.807) is 20.3 Å². The molecule has 5 nitrogen and oxygen atoms in total. The molecule has 0 radical (unpaired) electrons. The number of carbonyl (C=O) groups excluding carboxylic acids is 1. The van der Waals surface area contributed by atoms with Crippen LogP contribution in [0.25, 0.3) is 0 Å². The molecule has 0 aliphatic carbocycles. The molecule has 128 valence electrons. The largest absolute Gasteiger partial charge is 0.506 e. The topological polar surface area (TPSA) is 67.8 Å². The minimum absolute atomic E-state index is 0.0222. The maximum absolute atomic E-state index is 12.3. The van der Waals surface area contributed by atoms with E-state index in [0.717, 1.165) is 5.56 Å². The average Bonchev–Trinajstić information content (AvgIpc) is 2.57. The Morgan fingerprint density at radius 2 is 1.88 bits per heavy atom. The molecule has 0 aliphatic heterocycles. The van der Waals surface area contributed by atoms with Crippen molar-refractivity contribution in [3.05, 3.63) is 47.0 Å². The number of amides is 1. The zero-order valence-corrected chi connectivity index (χ0v) is 14.6. The van der Waals surface area contributed by atoms with E-state index in [1.807, 2.05) is 25.1 Å². The lowest BCUT2D eigenvalue weighted by Gasteiger charge is -2.15. The lowest BCUT2D eigenvalue weighted by Crippen LogP contribution is -2.22. The molecule has 2 rings (SSSR count). The number of aromatic hydroxyl groups is 1. The van der Waals surface area contributed by atoms with Crippen LogP contribution in [-0.2, 0) is 11.2 Å². The van der Waals surface area contributed by atoms with Crippen molar-refractivity contribution in [1.82, 2.24) is 0 Å². The molecule has 6 heteroatoms. The van der Waals surface area contributed by atoms with E-state index in [-0.39, 0.29) is 17.6 Å². The van der Waals surface area contributed by atoms with E-state index < -0.39 is 0 Å². The first-order valence-electron chi connectivity index (χ1n) is 7.45. The summed E-state index contributed by atoms with van der Waals surface area (Å²) in [6.45, 7) is 1.81. The number of benzene rings is 2. The van der Waals surface area contributed by atoms with Crippen LogP contribution in [0.4, 0.5) is 5.69 Å². The zero-order valence-electron chi connectivity index (χ0n) is 13.8. The highest BCUT2D eigenvalue weighted by atomic mass is 35.5. The molecule has 0 saturated heterocycles. The monoisotopic (exact) mass is 349 g/mol. The van der Waals surface area contributed by atoms with Crippen LogP contribution in [0.3, 0.4) is 0 Å². The molecular formula is C18H20ClNO4. The van der Waals surface area contributed by atoms with Gasteiger partial charge in [0.05, 0.1) is 19.9 Å². The van der Waals surface area contributed by atoms with E-state index in [1.165, 1.54) is 12.1 Å². The van der Waals surface area contributed by atoms with Crippen LogP contribution in [0.5, 0.6) is 17.2 Å². The van der Waals surface area contributed by atoms with Crippen molar-refractivity contribution < 1.29 is 19.4 Å². The normalized spacial score (nSPS) is 11.7. The molecule has 1 amide bonds. The first-order chi connectivity index (χ1) is 11.4. The first-order valence-corrected chi connectivity index (χ1v) is 7.82. The maximum atomic E-state index is 12.3. The van der Waals surface area contributed by atoms with E-state index in [0.29, 0.717) is 28.6 Å². The number of carbonyl (C=O) groups is 1. The van der Waals surface area contributed by atoms with Crippen molar-refractivity contribution >= 4 is 23.2 Å². The maximum Gasteiger partial charge on any atom is 0.227 e. The Labute approximate surface area is 146 Å². The number of anilines is 1. The highest BCUT2D eigenvalue weighted by Crippen LogP contribution is 2.29. The van der Waals surface area contributed by atoms with Crippen molar-refractivity contribution in [3.63, 3.8) is 0 Å². The van der Waals surface area contributed by atoms with Crippen LogP contribution in [-0.4, -0.2) is 25.2 Å². The Morgan fingerprint density at radius 1 is 1.17 bits per heavy atom. The predicted octanol–water partition coefficient (Wildman–Crippen LogP) is 3.88. The number of methoxy groups -OCH3 is 2. The minimum atomic E-state index is -0.304.